The van der Waals surface area contributed by atoms with Crippen LogP contribution in [0.3, 0.4) is 0 Å². The molecule has 0 fully saturated rings. The van der Waals surface area contributed by atoms with Crippen molar-refractivity contribution < 1.29 is 14.1 Å². The topological polar surface area (TPSA) is 144 Å². The number of hydrazine groups is 1. The molecule has 15 heavy (non-hydrogen) atoms. The maximum Gasteiger partial charge on any atom is 0.440 e. The number of pyridine rings is 1. The fourth-order valence-electron chi connectivity index (χ4n) is 0.807. The van der Waals surface area contributed by atoms with E-state index in [4.69, 9.17) is 16.1 Å². The highest BCUT2D eigenvalue weighted by Gasteiger charge is 2.09. The molecule has 0 aromatic carbocycles. The highest BCUT2D eigenvalue weighted by molar-refractivity contribution is 7.91. The van der Waals surface area contributed by atoms with Crippen molar-refractivity contribution in [2.45, 2.75) is 4.90 Å². The molecule has 1 amide bonds. The fraction of sp³-hybridized carbons (Fsp3) is 0. The Morgan fingerprint density at radius 2 is 2.27 bits per heavy atom. The fourth-order valence-corrected chi connectivity index (χ4v) is 1.61. The lowest BCUT2D eigenvalue weighted by Gasteiger charge is -2.03. The van der Waals surface area contributed by atoms with E-state index < -0.39 is 16.0 Å². The van der Waals surface area contributed by atoms with E-state index in [1.165, 1.54) is 12.1 Å². The molecule has 9 heteroatoms. The molecule has 6 N–H and O–H groups in total. The zero-order chi connectivity index (χ0) is 11.5. The number of rotatable bonds is 2. The first kappa shape index (κ1) is 11.4. The van der Waals surface area contributed by atoms with Gasteiger partial charge >= 0.3 is 6.09 Å². The van der Waals surface area contributed by atoms with Crippen molar-refractivity contribution in [2.24, 2.45) is 15.3 Å². The highest BCUT2D eigenvalue weighted by atomic mass is 32.2. The molecule has 0 aliphatic carbocycles. The molecule has 0 aliphatic heterocycles. The van der Waals surface area contributed by atoms with Crippen LogP contribution in [-0.4, -0.2) is 20.4 Å². The van der Waals surface area contributed by atoms with Gasteiger partial charge in [-0.2, -0.15) is 0 Å². The van der Waals surface area contributed by atoms with Gasteiger partial charge in [0, 0.05) is 6.20 Å². The van der Waals surface area contributed by atoms with Crippen molar-refractivity contribution in [3.05, 3.63) is 18.3 Å². The van der Waals surface area contributed by atoms with Gasteiger partial charge in [-0.1, -0.05) is 0 Å². The zero-order valence-electron chi connectivity index (χ0n) is 7.45. The maximum absolute atomic E-state index is 11.5. The summed E-state index contributed by atoms with van der Waals surface area (Å²) in [7, 11) is -3.44. The van der Waals surface area contributed by atoms with Crippen LogP contribution < -0.4 is 16.4 Å². The van der Waals surface area contributed by atoms with Crippen LogP contribution in [0.2, 0.25) is 0 Å². The number of carbonyl (C=O) groups is 1. The number of nitrogens with one attached hydrogen (secondary N) is 1. The Morgan fingerprint density at radius 3 is 2.67 bits per heavy atom. The van der Waals surface area contributed by atoms with E-state index in [1.807, 2.05) is 0 Å². The lowest BCUT2D eigenvalue weighted by Crippen LogP contribution is -2.15. The number of nitrogen functional groups attached to an aromatic ring is 1. The Hall–Kier alpha value is -1.71. The Bertz CT molecular complexity index is 476. The molecule has 1 heterocycles. The Kier molecular flexibility index (Phi) is 3.19. The van der Waals surface area contributed by atoms with Crippen LogP contribution in [0.5, 0.6) is 0 Å². The summed E-state index contributed by atoms with van der Waals surface area (Å²) in [6.45, 7) is 0. The second-order valence-corrected chi connectivity index (χ2v) is 4.26. The van der Waals surface area contributed by atoms with Gasteiger partial charge in [0.15, 0.2) is 0 Å². The third-order valence-electron chi connectivity index (χ3n) is 1.44. The van der Waals surface area contributed by atoms with Gasteiger partial charge < -0.3 is 10.5 Å². The molecule has 8 nitrogen and oxygen atoms in total. The number of carboxylic acid groups (broad SMARTS) is 1. The van der Waals surface area contributed by atoms with E-state index in [9.17, 15) is 9.00 Å². The van der Waals surface area contributed by atoms with Crippen molar-refractivity contribution in [1.82, 2.24) is 4.98 Å². The maximum atomic E-state index is 11.5. The first-order valence-corrected chi connectivity index (χ1v) is 5.24. The zero-order valence-corrected chi connectivity index (χ0v) is 8.27. The van der Waals surface area contributed by atoms with Gasteiger partial charge in [0.05, 0.1) is 4.90 Å². The average Bonchev–Trinajstić information content (AvgIpc) is 2.16. The number of anilines is 1. The Morgan fingerprint density at radius 1 is 1.60 bits per heavy atom. The standard InChI is InChI=1S/C6H9N5O3S/c7-10-5-2-1-4(3-9-5)15(8,14)11-6(12)13/h1-3H,7H2,(H,9,10)(H,12,13)(H2,8,11,14). The van der Waals surface area contributed by atoms with Gasteiger partial charge in [-0.25, -0.2) is 25.0 Å². The Balaban J connectivity index is 3.17. The molecule has 0 spiro atoms. The summed E-state index contributed by atoms with van der Waals surface area (Å²) >= 11 is 0. The molecule has 1 unspecified atom stereocenters. The van der Waals surface area contributed by atoms with E-state index in [-0.39, 0.29) is 4.90 Å². The number of aromatic nitrogens is 1. The number of hydrogen-bond acceptors (Lipinski definition) is 5. The molecular formula is C6H9N5O3S. The number of hydrogen-bond donors (Lipinski definition) is 4. The van der Waals surface area contributed by atoms with Crippen molar-refractivity contribution >= 4 is 21.8 Å². The van der Waals surface area contributed by atoms with Crippen LogP contribution in [-0.2, 0) is 9.92 Å². The molecule has 0 aliphatic rings. The average molecular weight is 231 g/mol. The molecular weight excluding hydrogens is 222 g/mol. The van der Waals surface area contributed by atoms with Crippen LogP contribution in [0, 0.1) is 0 Å². The molecule has 1 aromatic heterocycles. The van der Waals surface area contributed by atoms with E-state index in [0.717, 1.165) is 6.20 Å². The first-order valence-electron chi connectivity index (χ1n) is 3.66. The van der Waals surface area contributed by atoms with Gasteiger partial charge in [0.25, 0.3) is 0 Å². The van der Waals surface area contributed by atoms with E-state index in [1.54, 1.807) is 0 Å². The number of nitrogens with zero attached hydrogens (tertiary/aromatic N) is 2. The smallest absolute Gasteiger partial charge is 0.440 e. The number of amides is 1. The minimum atomic E-state index is -3.44. The van der Waals surface area contributed by atoms with Crippen molar-refractivity contribution in [3.63, 3.8) is 0 Å². The lowest BCUT2D eigenvalue weighted by atomic mass is 10.5. The summed E-state index contributed by atoms with van der Waals surface area (Å²) in [5.74, 6) is 5.39. The minimum Gasteiger partial charge on any atom is -0.463 e. The lowest BCUT2D eigenvalue weighted by molar-refractivity contribution is 0.206. The number of nitrogens with two attached hydrogens (primary N) is 2. The van der Waals surface area contributed by atoms with Crippen molar-refractivity contribution in [1.29, 1.82) is 0 Å². The summed E-state index contributed by atoms with van der Waals surface area (Å²) < 4.78 is 14.4. The summed E-state index contributed by atoms with van der Waals surface area (Å²) in [5.41, 5.74) is 2.25. The molecule has 1 atom stereocenters. The summed E-state index contributed by atoms with van der Waals surface area (Å²) in [6.07, 6.45) is -0.451. The van der Waals surface area contributed by atoms with Gasteiger partial charge in [0.2, 0.25) is 0 Å². The van der Waals surface area contributed by atoms with Gasteiger partial charge in [0.1, 0.15) is 15.7 Å². The largest absolute Gasteiger partial charge is 0.463 e. The molecule has 0 saturated heterocycles. The molecule has 1 rings (SSSR count). The minimum absolute atomic E-state index is 0.0175. The van der Waals surface area contributed by atoms with E-state index in [2.05, 4.69) is 14.8 Å². The van der Waals surface area contributed by atoms with Crippen LogP contribution in [0.1, 0.15) is 0 Å². The van der Waals surface area contributed by atoms with E-state index >= 15 is 0 Å². The summed E-state index contributed by atoms with van der Waals surface area (Å²) in [6, 6.07) is 2.73. The van der Waals surface area contributed by atoms with Crippen LogP contribution >= 0.6 is 0 Å². The van der Waals surface area contributed by atoms with Crippen molar-refractivity contribution in [2.75, 3.05) is 5.43 Å². The SMILES string of the molecule is NNc1ccc(S(N)(=O)=NC(=O)O)cn1. The van der Waals surface area contributed by atoms with Crippen LogP contribution in [0.4, 0.5) is 10.6 Å². The third kappa shape index (κ3) is 2.87. The first-order chi connectivity index (χ1) is 6.95. The molecule has 0 saturated carbocycles. The van der Waals surface area contributed by atoms with Gasteiger partial charge in [-0.3, -0.25) is 0 Å². The quantitative estimate of drug-likeness (QED) is 0.408. The highest BCUT2D eigenvalue weighted by Crippen LogP contribution is 2.10. The normalized spacial score (nSPS) is 14.0. The second-order valence-electron chi connectivity index (χ2n) is 2.47. The molecule has 0 bridgehead atoms. The molecule has 0 radical (unpaired) electrons. The van der Waals surface area contributed by atoms with Crippen LogP contribution in [0.15, 0.2) is 27.6 Å². The second kappa shape index (κ2) is 4.21. The summed E-state index contributed by atoms with van der Waals surface area (Å²) in [4.78, 5) is 14.0. The summed E-state index contributed by atoms with van der Waals surface area (Å²) in [5, 5.41) is 13.6. The van der Waals surface area contributed by atoms with Crippen molar-refractivity contribution in [3.8, 4) is 0 Å². The van der Waals surface area contributed by atoms with E-state index in [0.29, 0.717) is 5.82 Å². The van der Waals surface area contributed by atoms with Gasteiger partial charge in [-0.15, -0.1) is 4.36 Å². The van der Waals surface area contributed by atoms with Gasteiger partial charge in [-0.05, 0) is 12.1 Å². The molecule has 82 valence electrons. The predicted molar refractivity (Wildman–Crippen MR) is 53.1 cm³/mol. The van der Waals surface area contributed by atoms with Crippen LogP contribution in [0.25, 0.3) is 0 Å². The molecule has 1 aromatic rings. The monoisotopic (exact) mass is 231 g/mol. The Labute approximate surface area is 85.6 Å². The third-order valence-corrected chi connectivity index (χ3v) is 2.78. The predicted octanol–water partition coefficient (Wildman–Crippen LogP) is -0.254.